The summed E-state index contributed by atoms with van der Waals surface area (Å²) in [7, 11) is 0. The molecule has 19 heavy (non-hydrogen) atoms. The van der Waals surface area contributed by atoms with Crippen molar-refractivity contribution in [2.24, 2.45) is 0 Å². The molecule has 1 aromatic heterocycles. The van der Waals surface area contributed by atoms with Crippen LogP contribution in [0.2, 0.25) is 0 Å². The molecule has 0 atom stereocenters. The number of hydrogen-bond donors (Lipinski definition) is 1. The third-order valence-electron chi connectivity index (χ3n) is 4.06. The number of nitrogens with two attached hydrogens (primary N) is 1. The second-order valence-corrected chi connectivity index (χ2v) is 5.34. The molecule has 1 heterocycles. The Hall–Kier alpha value is -1.90. The third kappa shape index (κ3) is 2.09. The number of rotatable bonds is 2. The largest absolute Gasteiger partial charge is 0.383 e. The second kappa shape index (κ2) is 4.65. The van der Waals surface area contributed by atoms with E-state index in [9.17, 15) is 0 Å². The molecule has 2 N–H and O–H groups in total. The van der Waals surface area contributed by atoms with Crippen molar-refractivity contribution < 1.29 is 0 Å². The van der Waals surface area contributed by atoms with Gasteiger partial charge in [-0.05, 0) is 38.2 Å². The highest BCUT2D eigenvalue weighted by atomic mass is 14.9. The van der Waals surface area contributed by atoms with Gasteiger partial charge in [-0.25, -0.2) is 9.97 Å². The molecule has 0 bridgehead atoms. The minimum atomic E-state index is 0.589. The fourth-order valence-electron chi connectivity index (χ4n) is 2.70. The van der Waals surface area contributed by atoms with Gasteiger partial charge in [-0.15, -0.1) is 0 Å². The van der Waals surface area contributed by atoms with Crippen molar-refractivity contribution in [1.82, 2.24) is 9.97 Å². The van der Waals surface area contributed by atoms with Crippen LogP contribution in [0.5, 0.6) is 0 Å². The zero-order valence-electron chi connectivity index (χ0n) is 11.5. The van der Waals surface area contributed by atoms with Crippen LogP contribution in [0.4, 0.5) is 5.82 Å². The first-order valence-corrected chi connectivity index (χ1v) is 6.87. The topological polar surface area (TPSA) is 51.8 Å². The normalized spacial score (nSPS) is 15.3. The monoisotopic (exact) mass is 253 g/mol. The van der Waals surface area contributed by atoms with Crippen LogP contribution in [0.3, 0.4) is 0 Å². The maximum atomic E-state index is 5.98. The van der Waals surface area contributed by atoms with Crippen molar-refractivity contribution in [1.29, 1.82) is 0 Å². The molecular formula is C16H19N3. The number of benzene rings is 1. The lowest BCUT2D eigenvalue weighted by molar-refractivity contribution is 0.420. The lowest BCUT2D eigenvalue weighted by Gasteiger charge is -2.28. The zero-order chi connectivity index (χ0) is 13.4. The molecule has 0 aliphatic heterocycles. The Morgan fingerprint density at radius 3 is 2.53 bits per heavy atom. The molecule has 1 aromatic carbocycles. The summed E-state index contributed by atoms with van der Waals surface area (Å²) < 4.78 is 0. The lowest BCUT2D eigenvalue weighted by atomic mass is 9.77. The van der Waals surface area contributed by atoms with Crippen molar-refractivity contribution >= 4 is 5.82 Å². The van der Waals surface area contributed by atoms with E-state index in [4.69, 9.17) is 5.73 Å². The average Bonchev–Trinajstić information content (AvgIpc) is 2.32. The molecule has 3 heteroatoms. The van der Waals surface area contributed by atoms with E-state index < -0.39 is 0 Å². The predicted molar refractivity (Wildman–Crippen MR) is 77.9 cm³/mol. The maximum absolute atomic E-state index is 5.98. The maximum Gasteiger partial charge on any atom is 0.130 e. The number of nitrogens with zero attached hydrogens (tertiary/aromatic N) is 2. The number of aromatic nitrogens is 2. The lowest BCUT2D eigenvalue weighted by Crippen LogP contribution is -2.11. The van der Waals surface area contributed by atoms with E-state index in [1.165, 1.54) is 30.4 Å². The summed E-state index contributed by atoms with van der Waals surface area (Å²) in [5.41, 5.74) is 10.6. The molecule has 1 saturated carbocycles. The molecule has 0 radical (unpaired) electrons. The molecule has 3 rings (SSSR count). The smallest absolute Gasteiger partial charge is 0.130 e. The Balaban J connectivity index is 2.16. The molecule has 1 aliphatic rings. The molecule has 0 unspecified atom stereocenters. The summed E-state index contributed by atoms with van der Waals surface area (Å²) in [4.78, 5) is 8.85. The van der Waals surface area contributed by atoms with Crippen molar-refractivity contribution in [3.63, 3.8) is 0 Å². The van der Waals surface area contributed by atoms with Gasteiger partial charge in [0.2, 0.25) is 0 Å². The molecule has 98 valence electrons. The first-order valence-electron chi connectivity index (χ1n) is 6.87. The van der Waals surface area contributed by atoms with Gasteiger partial charge in [0.25, 0.3) is 0 Å². The van der Waals surface area contributed by atoms with Crippen molar-refractivity contribution in [3.05, 3.63) is 41.2 Å². The number of hydrogen-bond acceptors (Lipinski definition) is 3. The zero-order valence-corrected chi connectivity index (χ0v) is 11.5. The molecular weight excluding hydrogens is 234 g/mol. The van der Waals surface area contributed by atoms with E-state index in [0.717, 1.165) is 17.1 Å². The van der Waals surface area contributed by atoms with Gasteiger partial charge in [-0.2, -0.15) is 0 Å². The highest BCUT2D eigenvalue weighted by Crippen LogP contribution is 2.41. The van der Waals surface area contributed by atoms with E-state index in [1.807, 2.05) is 13.8 Å². The fraction of sp³-hybridized carbons (Fsp3) is 0.375. The van der Waals surface area contributed by atoms with Gasteiger partial charge in [0.15, 0.2) is 0 Å². The Morgan fingerprint density at radius 1 is 1.11 bits per heavy atom. The summed E-state index contributed by atoms with van der Waals surface area (Å²) in [6, 6.07) is 8.57. The van der Waals surface area contributed by atoms with Crippen LogP contribution in [0.15, 0.2) is 24.3 Å². The Labute approximate surface area is 113 Å². The van der Waals surface area contributed by atoms with Crippen molar-refractivity contribution in [2.75, 3.05) is 5.73 Å². The van der Waals surface area contributed by atoms with Crippen LogP contribution in [0, 0.1) is 13.8 Å². The highest BCUT2D eigenvalue weighted by molar-refractivity contribution is 5.71. The van der Waals surface area contributed by atoms with E-state index in [1.54, 1.807) is 0 Å². The summed E-state index contributed by atoms with van der Waals surface area (Å²) >= 11 is 0. The first kappa shape index (κ1) is 12.2. The summed E-state index contributed by atoms with van der Waals surface area (Å²) in [6.07, 6.45) is 3.91. The van der Waals surface area contributed by atoms with Crippen LogP contribution in [0.25, 0.3) is 11.3 Å². The van der Waals surface area contributed by atoms with E-state index in [-0.39, 0.29) is 0 Å². The standard InChI is InChI=1S/C16H19N3/c1-10-15(18-11(2)19-16(10)17)14-9-4-3-8-13(14)12-6-5-7-12/h3-4,8-9,12H,5-7H2,1-2H3,(H2,17,18,19). The van der Waals surface area contributed by atoms with Gasteiger partial charge < -0.3 is 5.73 Å². The fourth-order valence-corrected chi connectivity index (χ4v) is 2.70. The highest BCUT2D eigenvalue weighted by Gasteiger charge is 2.23. The van der Waals surface area contributed by atoms with Crippen LogP contribution in [0.1, 0.15) is 42.1 Å². The van der Waals surface area contributed by atoms with Crippen molar-refractivity contribution in [3.8, 4) is 11.3 Å². The Kier molecular flexibility index (Phi) is 2.97. The molecule has 0 saturated heterocycles. The van der Waals surface area contributed by atoms with Crippen LogP contribution in [-0.4, -0.2) is 9.97 Å². The third-order valence-corrected chi connectivity index (χ3v) is 4.06. The Bertz CT molecular complexity index is 615. The van der Waals surface area contributed by atoms with Gasteiger partial charge >= 0.3 is 0 Å². The van der Waals surface area contributed by atoms with Crippen LogP contribution in [-0.2, 0) is 0 Å². The predicted octanol–water partition coefficient (Wildman–Crippen LogP) is 3.61. The molecule has 0 amide bonds. The van der Waals surface area contributed by atoms with Crippen LogP contribution < -0.4 is 5.73 Å². The van der Waals surface area contributed by atoms with Gasteiger partial charge in [0, 0.05) is 11.1 Å². The van der Waals surface area contributed by atoms with E-state index in [2.05, 4.69) is 34.2 Å². The number of aryl methyl sites for hydroxylation is 1. The quantitative estimate of drug-likeness (QED) is 0.889. The number of nitrogen functional groups attached to an aromatic ring is 1. The molecule has 2 aromatic rings. The SMILES string of the molecule is Cc1nc(N)c(C)c(-c2ccccc2C2CCC2)n1. The Morgan fingerprint density at radius 2 is 1.84 bits per heavy atom. The first-order chi connectivity index (χ1) is 9.16. The van der Waals surface area contributed by atoms with Crippen molar-refractivity contribution in [2.45, 2.75) is 39.0 Å². The van der Waals surface area contributed by atoms with Gasteiger partial charge in [0.1, 0.15) is 11.6 Å². The van der Waals surface area contributed by atoms with Crippen LogP contribution >= 0.6 is 0 Å². The second-order valence-electron chi connectivity index (χ2n) is 5.34. The summed E-state index contributed by atoms with van der Waals surface area (Å²) in [5.74, 6) is 2.01. The molecule has 1 aliphatic carbocycles. The van der Waals surface area contributed by atoms with Gasteiger partial charge in [0.05, 0.1) is 5.69 Å². The number of anilines is 1. The van der Waals surface area contributed by atoms with E-state index in [0.29, 0.717) is 11.7 Å². The van der Waals surface area contributed by atoms with Gasteiger partial charge in [-0.3, -0.25) is 0 Å². The summed E-state index contributed by atoms with van der Waals surface area (Å²) in [5, 5.41) is 0. The molecule has 1 fully saturated rings. The molecule has 3 nitrogen and oxygen atoms in total. The van der Waals surface area contributed by atoms with Gasteiger partial charge in [-0.1, -0.05) is 30.7 Å². The van der Waals surface area contributed by atoms with E-state index >= 15 is 0 Å². The molecule has 0 spiro atoms. The minimum absolute atomic E-state index is 0.589. The minimum Gasteiger partial charge on any atom is -0.383 e. The summed E-state index contributed by atoms with van der Waals surface area (Å²) in [6.45, 7) is 3.90. The average molecular weight is 253 g/mol.